The van der Waals surface area contributed by atoms with E-state index in [1.54, 1.807) is 30.3 Å². The van der Waals surface area contributed by atoms with Crippen LogP contribution < -0.4 is 10.9 Å². The summed E-state index contributed by atoms with van der Waals surface area (Å²) in [5.41, 5.74) is 6.01. The van der Waals surface area contributed by atoms with E-state index in [0.717, 1.165) is 5.56 Å². The first-order valence-corrected chi connectivity index (χ1v) is 7.17. The number of carbonyl (C=O) groups is 2. The fourth-order valence-corrected chi connectivity index (χ4v) is 1.88. The van der Waals surface area contributed by atoms with E-state index in [0.29, 0.717) is 10.6 Å². The Morgan fingerprint density at radius 1 is 1.00 bits per heavy atom. The van der Waals surface area contributed by atoms with Crippen molar-refractivity contribution in [1.29, 1.82) is 0 Å². The maximum Gasteiger partial charge on any atom is 0.262 e. The summed E-state index contributed by atoms with van der Waals surface area (Å²) in [7, 11) is 0. The molecule has 118 valence electrons. The predicted molar refractivity (Wildman–Crippen MR) is 86.9 cm³/mol. The third-order valence-electron chi connectivity index (χ3n) is 2.90. The molecule has 0 saturated carbocycles. The number of nitrogens with one attached hydrogen (secondary N) is 2. The van der Waals surface area contributed by atoms with E-state index in [4.69, 9.17) is 11.6 Å². The number of hydrazine groups is 1. The summed E-state index contributed by atoms with van der Waals surface area (Å²) in [5.74, 6) is -1.23. The van der Waals surface area contributed by atoms with Crippen molar-refractivity contribution in [1.82, 2.24) is 10.9 Å². The SMILES string of the molecule is O=C(/C=C/c1ccc(Cl)cc1)NNC(=O)Cc1ccc(F)cc1. The highest BCUT2D eigenvalue weighted by Gasteiger charge is 2.04. The Morgan fingerprint density at radius 2 is 1.65 bits per heavy atom. The summed E-state index contributed by atoms with van der Waals surface area (Å²) in [4.78, 5) is 23.3. The van der Waals surface area contributed by atoms with Gasteiger partial charge in [-0.2, -0.15) is 0 Å². The fraction of sp³-hybridized carbons (Fsp3) is 0.0588. The lowest BCUT2D eigenvalue weighted by molar-refractivity contribution is -0.126. The summed E-state index contributed by atoms with van der Waals surface area (Å²) in [6, 6.07) is 12.5. The number of halogens is 2. The number of hydrogen-bond donors (Lipinski definition) is 2. The van der Waals surface area contributed by atoms with Gasteiger partial charge in [-0.1, -0.05) is 35.9 Å². The van der Waals surface area contributed by atoms with Crippen LogP contribution in [0.2, 0.25) is 5.02 Å². The molecular weight excluding hydrogens is 319 g/mol. The smallest absolute Gasteiger partial charge is 0.262 e. The number of hydrogen-bond acceptors (Lipinski definition) is 2. The lowest BCUT2D eigenvalue weighted by atomic mass is 10.1. The quantitative estimate of drug-likeness (QED) is 0.668. The lowest BCUT2D eigenvalue weighted by Gasteiger charge is -2.05. The topological polar surface area (TPSA) is 58.2 Å². The zero-order valence-corrected chi connectivity index (χ0v) is 12.8. The second kappa shape index (κ2) is 8.10. The third kappa shape index (κ3) is 5.92. The minimum absolute atomic E-state index is 0.0431. The molecule has 0 heterocycles. The third-order valence-corrected chi connectivity index (χ3v) is 3.15. The van der Waals surface area contributed by atoms with Crippen LogP contribution in [0.15, 0.2) is 54.6 Å². The Labute approximate surface area is 137 Å². The van der Waals surface area contributed by atoms with Crippen molar-refractivity contribution in [3.05, 3.63) is 76.6 Å². The van der Waals surface area contributed by atoms with Gasteiger partial charge in [-0.25, -0.2) is 4.39 Å². The molecule has 0 bridgehead atoms. The molecule has 0 aliphatic rings. The largest absolute Gasteiger partial charge is 0.273 e. The van der Waals surface area contributed by atoms with Crippen LogP contribution in [0.25, 0.3) is 6.08 Å². The molecular formula is C17H14ClFN2O2. The molecule has 2 amide bonds. The van der Waals surface area contributed by atoms with Crippen molar-refractivity contribution in [3.8, 4) is 0 Å². The zero-order valence-electron chi connectivity index (χ0n) is 12.1. The summed E-state index contributed by atoms with van der Waals surface area (Å²) in [6.45, 7) is 0. The highest BCUT2D eigenvalue weighted by molar-refractivity contribution is 6.30. The molecule has 0 unspecified atom stereocenters. The summed E-state index contributed by atoms with van der Waals surface area (Å²) < 4.78 is 12.8. The minimum atomic E-state index is -0.465. The van der Waals surface area contributed by atoms with Gasteiger partial charge in [0.15, 0.2) is 0 Å². The lowest BCUT2D eigenvalue weighted by Crippen LogP contribution is -2.41. The molecule has 0 aromatic heterocycles. The minimum Gasteiger partial charge on any atom is -0.273 e. The van der Waals surface area contributed by atoms with Crippen LogP contribution >= 0.6 is 11.6 Å². The highest BCUT2D eigenvalue weighted by Crippen LogP contribution is 2.10. The number of rotatable bonds is 4. The molecule has 23 heavy (non-hydrogen) atoms. The van der Waals surface area contributed by atoms with Crippen molar-refractivity contribution in [2.75, 3.05) is 0 Å². The van der Waals surface area contributed by atoms with Gasteiger partial charge in [0.1, 0.15) is 5.82 Å². The summed E-state index contributed by atoms with van der Waals surface area (Å²) in [6.07, 6.45) is 2.93. The number of amides is 2. The van der Waals surface area contributed by atoms with Gasteiger partial charge in [0, 0.05) is 11.1 Å². The van der Waals surface area contributed by atoms with E-state index >= 15 is 0 Å². The van der Waals surface area contributed by atoms with Gasteiger partial charge < -0.3 is 0 Å². The first-order chi connectivity index (χ1) is 11.0. The summed E-state index contributed by atoms with van der Waals surface area (Å²) in [5, 5.41) is 0.611. The van der Waals surface area contributed by atoms with E-state index in [2.05, 4.69) is 10.9 Å². The van der Waals surface area contributed by atoms with E-state index in [1.807, 2.05) is 0 Å². The molecule has 0 radical (unpaired) electrons. The van der Waals surface area contributed by atoms with Crippen molar-refractivity contribution >= 4 is 29.5 Å². The van der Waals surface area contributed by atoms with Crippen LogP contribution in [-0.4, -0.2) is 11.8 Å². The average Bonchev–Trinajstić information content (AvgIpc) is 2.54. The molecule has 0 aliphatic carbocycles. The van der Waals surface area contributed by atoms with Crippen molar-refractivity contribution in [2.45, 2.75) is 6.42 Å². The van der Waals surface area contributed by atoms with E-state index in [9.17, 15) is 14.0 Å². The van der Waals surface area contributed by atoms with Crippen LogP contribution in [0, 0.1) is 5.82 Å². The monoisotopic (exact) mass is 332 g/mol. The molecule has 2 aromatic carbocycles. The van der Waals surface area contributed by atoms with E-state index < -0.39 is 11.8 Å². The zero-order chi connectivity index (χ0) is 16.7. The standard InChI is InChI=1S/C17H14ClFN2O2/c18-14-6-1-12(2-7-14)5-10-16(22)20-21-17(23)11-13-3-8-15(19)9-4-13/h1-10H,11H2,(H,20,22)(H,21,23)/b10-5+. The Balaban J connectivity index is 1.78. The molecule has 6 heteroatoms. The molecule has 2 rings (SSSR count). The predicted octanol–water partition coefficient (Wildman–Crippen LogP) is 2.88. The van der Waals surface area contributed by atoms with Crippen LogP contribution in [0.3, 0.4) is 0 Å². The molecule has 2 N–H and O–H groups in total. The Kier molecular flexibility index (Phi) is 5.88. The molecule has 0 fully saturated rings. The average molecular weight is 333 g/mol. The molecule has 0 spiro atoms. The first-order valence-electron chi connectivity index (χ1n) is 6.80. The fourth-order valence-electron chi connectivity index (χ4n) is 1.75. The Bertz CT molecular complexity index is 712. The maximum absolute atomic E-state index is 12.8. The molecule has 4 nitrogen and oxygen atoms in total. The first kappa shape index (κ1) is 16.7. The van der Waals surface area contributed by atoms with Crippen molar-refractivity contribution in [2.24, 2.45) is 0 Å². The van der Waals surface area contributed by atoms with Crippen molar-refractivity contribution in [3.63, 3.8) is 0 Å². The van der Waals surface area contributed by atoms with Gasteiger partial charge >= 0.3 is 0 Å². The molecule has 0 atom stereocenters. The van der Waals surface area contributed by atoms with E-state index in [-0.39, 0.29) is 12.2 Å². The van der Waals surface area contributed by atoms with Crippen molar-refractivity contribution < 1.29 is 14.0 Å². The van der Waals surface area contributed by atoms with Gasteiger partial charge in [0.05, 0.1) is 6.42 Å². The Hall–Kier alpha value is -2.66. The van der Waals surface area contributed by atoms with Gasteiger partial charge in [-0.05, 0) is 41.5 Å². The molecule has 2 aromatic rings. The second-order valence-electron chi connectivity index (χ2n) is 4.73. The maximum atomic E-state index is 12.8. The number of benzene rings is 2. The van der Waals surface area contributed by atoms with E-state index in [1.165, 1.54) is 30.3 Å². The molecule has 0 aliphatic heterocycles. The Morgan fingerprint density at radius 3 is 2.30 bits per heavy atom. The highest BCUT2D eigenvalue weighted by atomic mass is 35.5. The van der Waals surface area contributed by atoms with Crippen LogP contribution in [-0.2, 0) is 16.0 Å². The van der Waals surface area contributed by atoms with Crippen LogP contribution in [0.5, 0.6) is 0 Å². The van der Waals surface area contributed by atoms with Crippen LogP contribution in [0.4, 0.5) is 4.39 Å². The second-order valence-corrected chi connectivity index (χ2v) is 5.16. The van der Waals surface area contributed by atoms with Gasteiger partial charge in [-0.3, -0.25) is 20.4 Å². The molecule has 0 saturated heterocycles. The van der Waals surface area contributed by atoms with Crippen LogP contribution in [0.1, 0.15) is 11.1 Å². The summed E-state index contributed by atoms with van der Waals surface area (Å²) >= 11 is 5.76. The van der Waals surface area contributed by atoms with Gasteiger partial charge in [-0.15, -0.1) is 0 Å². The van der Waals surface area contributed by atoms with Gasteiger partial charge in [0.2, 0.25) is 5.91 Å². The van der Waals surface area contributed by atoms with Gasteiger partial charge in [0.25, 0.3) is 5.91 Å². The normalized spacial score (nSPS) is 10.5. The number of carbonyl (C=O) groups excluding carboxylic acids is 2.